The second-order valence-corrected chi connectivity index (χ2v) is 8.65. The first-order valence-electron chi connectivity index (χ1n) is 9.99. The molecule has 0 aliphatic carbocycles. The summed E-state index contributed by atoms with van der Waals surface area (Å²) in [6.45, 7) is 2.39. The molecule has 0 saturated carbocycles. The van der Waals surface area contributed by atoms with Gasteiger partial charge in [-0.25, -0.2) is 4.98 Å². The van der Waals surface area contributed by atoms with Gasteiger partial charge in [-0.1, -0.05) is 52.0 Å². The van der Waals surface area contributed by atoms with Gasteiger partial charge in [-0.2, -0.15) is 0 Å². The van der Waals surface area contributed by atoms with E-state index in [2.05, 4.69) is 26.2 Å². The van der Waals surface area contributed by atoms with Crippen molar-refractivity contribution in [3.63, 3.8) is 0 Å². The lowest BCUT2D eigenvalue weighted by Gasteiger charge is -2.14. The van der Waals surface area contributed by atoms with Gasteiger partial charge in [0.05, 0.1) is 34.6 Å². The molecule has 4 aromatic rings. The van der Waals surface area contributed by atoms with Gasteiger partial charge in [0.25, 0.3) is 5.56 Å². The molecular formula is C24H20BrN3O3S. The van der Waals surface area contributed by atoms with Gasteiger partial charge in [-0.3, -0.25) is 14.2 Å². The van der Waals surface area contributed by atoms with E-state index < -0.39 is 0 Å². The molecule has 0 radical (unpaired) electrons. The van der Waals surface area contributed by atoms with Crippen LogP contribution in [-0.4, -0.2) is 27.8 Å². The molecule has 1 aromatic heterocycles. The van der Waals surface area contributed by atoms with Crippen molar-refractivity contribution in [2.75, 3.05) is 17.7 Å². The first-order valence-corrected chi connectivity index (χ1v) is 11.8. The Balaban J connectivity index is 1.64. The van der Waals surface area contributed by atoms with Crippen molar-refractivity contribution in [2.45, 2.75) is 12.1 Å². The van der Waals surface area contributed by atoms with E-state index in [4.69, 9.17) is 4.74 Å². The molecule has 6 nitrogen and oxygen atoms in total. The summed E-state index contributed by atoms with van der Waals surface area (Å²) in [7, 11) is 0. The number of carbonyl (C=O) groups excluding carboxylic acids is 1. The highest BCUT2D eigenvalue weighted by Crippen LogP contribution is 2.26. The van der Waals surface area contributed by atoms with Crippen LogP contribution in [0.4, 0.5) is 5.69 Å². The average molecular weight is 510 g/mol. The van der Waals surface area contributed by atoms with Crippen molar-refractivity contribution in [1.29, 1.82) is 0 Å². The minimum absolute atomic E-state index is 0.0851. The van der Waals surface area contributed by atoms with Gasteiger partial charge in [-0.05, 0) is 55.5 Å². The molecule has 0 spiro atoms. The molecule has 4 rings (SSSR count). The van der Waals surface area contributed by atoms with E-state index >= 15 is 0 Å². The van der Waals surface area contributed by atoms with Crippen LogP contribution in [0.1, 0.15) is 6.92 Å². The minimum Gasteiger partial charge on any atom is -0.492 e. The second kappa shape index (κ2) is 10.0. The zero-order chi connectivity index (χ0) is 22.5. The molecule has 1 heterocycles. The van der Waals surface area contributed by atoms with Crippen molar-refractivity contribution in [2.24, 2.45) is 0 Å². The Bertz CT molecular complexity index is 1320. The van der Waals surface area contributed by atoms with Crippen molar-refractivity contribution >= 4 is 50.2 Å². The zero-order valence-corrected chi connectivity index (χ0v) is 19.7. The predicted octanol–water partition coefficient (Wildman–Crippen LogP) is 5.28. The molecule has 0 aliphatic rings. The summed E-state index contributed by atoms with van der Waals surface area (Å²) in [5.74, 6) is 0.484. The highest BCUT2D eigenvalue weighted by atomic mass is 79.9. The smallest absolute Gasteiger partial charge is 0.266 e. The molecule has 8 heteroatoms. The van der Waals surface area contributed by atoms with Gasteiger partial charge in [0.15, 0.2) is 5.16 Å². The van der Waals surface area contributed by atoms with Crippen LogP contribution in [0, 0.1) is 0 Å². The van der Waals surface area contributed by atoms with Crippen molar-refractivity contribution < 1.29 is 9.53 Å². The number of nitrogens with zero attached hydrogens (tertiary/aromatic N) is 2. The van der Waals surface area contributed by atoms with E-state index in [0.29, 0.717) is 39.8 Å². The van der Waals surface area contributed by atoms with Crippen LogP contribution >= 0.6 is 27.7 Å². The van der Waals surface area contributed by atoms with E-state index in [1.54, 1.807) is 22.8 Å². The molecule has 162 valence electrons. The average Bonchev–Trinajstić information content (AvgIpc) is 2.80. The maximum atomic E-state index is 13.3. The molecule has 0 saturated heterocycles. The summed E-state index contributed by atoms with van der Waals surface area (Å²) in [6, 6.07) is 21.9. The zero-order valence-electron chi connectivity index (χ0n) is 17.2. The third-order valence-electron chi connectivity index (χ3n) is 4.62. The lowest BCUT2D eigenvalue weighted by atomic mass is 10.2. The van der Waals surface area contributed by atoms with E-state index in [9.17, 15) is 9.59 Å². The van der Waals surface area contributed by atoms with Gasteiger partial charge >= 0.3 is 0 Å². The Labute approximate surface area is 197 Å². The fraction of sp³-hybridized carbons (Fsp3) is 0.125. The van der Waals surface area contributed by atoms with Crippen LogP contribution in [0.15, 0.2) is 87.2 Å². The lowest BCUT2D eigenvalue weighted by molar-refractivity contribution is -0.113. The molecule has 0 aliphatic heterocycles. The largest absolute Gasteiger partial charge is 0.492 e. The number of halogens is 1. The van der Waals surface area contributed by atoms with Crippen molar-refractivity contribution in [1.82, 2.24) is 9.55 Å². The van der Waals surface area contributed by atoms with E-state index in [0.717, 1.165) is 4.47 Å². The second-order valence-electron chi connectivity index (χ2n) is 6.79. The Kier molecular flexibility index (Phi) is 6.92. The quantitative estimate of drug-likeness (QED) is 0.271. The van der Waals surface area contributed by atoms with Crippen LogP contribution in [0.25, 0.3) is 16.6 Å². The Morgan fingerprint density at radius 1 is 1.06 bits per heavy atom. The van der Waals surface area contributed by atoms with E-state index in [-0.39, 0.29) is 17.2 Å². The first kappa shape index (κ1) is 22.1. The molecule has 1 amide bonds. The normalized spacial score (nSPS) is 10.8. The number of rotatable bonds is 7. The molecule has 0 bridgehead atoms. The number of nitrogens with one attached hydrogen (secondary N) is 1. The molecule has 32 heavy (non-hydrogen) atoms. The maximum absolute atomic E-state index is 13.3. The number of fused-ring (bicyclic) bond motifs is 1. The summed E-state index contributed by atoms with van der Waals surface area (Å²) in [4.78, 5) is 30.6. The number of hydrogen-bond donors (Lipinski definition) is 1. The van der Waals surface area contributed by atoms with Crippen LogP contribution < -0.4 is 15.6 Å². The molecule has 0 atom stereocenters. The van der Waals surface area contributed by atoms with Gasteiger partial charge < -0.3 is 10.1 Å². The summed E-state index contributed by atoms with van der Waals surface area (Å²) in [6.07, 6.45) is 0. The standard InChI is InChI=1S/C24H20BrN3O3S/c1-2-31-21-10-6-5-9-20(21)26-22(29)15-32-24-27-19-8-4-3-7-18(19)23(30)28(24)17-13-11-16(25)12-14-17/h3-14H,2,15H2,1H3,(H,26,29). The van der Waals surface area contributed by atoms with Gasteiger partial charge in [-0.15, -0.1) is 0 Å². The van der Waals surface area contributed by atoms with Crippen molar-refractivity contribution in [3.8, 4) is 11.4 Å². The lowest BCUT2D eigenvalue weighted by Crippen LogP contribution is -2.23. The monoisotopic (exact) mass is 509 g/mol. The third kappa shape index (κ3) is 4.87. The van der Waals surface area contributed by atoms with E-state index in [1.807, 2.05) is 61.5 Å². The summed E-state index contributed by atoms with van der Waals surface area (Å²) in [5, 5.41) is 3.85. The number of amides is 1. The number of ether oxygens (including phenoxy) is 1. The number of carbonyl (C=O) groups is 1. The summed E-state index contributed by atoms with van der Waals surface area (Å²) >= 11 is 4.63. The molecule has 3 aromatic carbocycles. The number of benzene rings is 3. The first-order chi connectivity index (χ1) is 15.6. The fourth-order valence-corrected chi connectivity index (χ4v) is 4.27. The van der Waals surface area contributed by atoms with Gasteiger partial charge in [0.2, 0.25) is 5.91 Å². The van der Waals surface area contributed by atoms with Gasteiger partial charge in [0, 0.05) is 4.47 Å². The number of para-hydroxylation sites is 3. The Morgan fingerprint density at radius 2 is 1.78 bits per heavy atom. The highest BCUT2D eigenvalue weighted by Gasteiger charge is 2.15. The number of anilines is 1. The van der Waals surface area contributed by atoms with Crippen LogP contribution in [-0.2, 0) is 4.79 Å². The minimum atomic E-state index is -0.216. The highest BCUT2D eigenvalue weighted by molar-refractivity contribution is 9.10. The Hall–Kier alpha value is -3.10. The topological polar surface area (TPSA) is 73.2 Å². The van der Waals surface area contributed by atoms with Crippen LogP contribution in [0.5, 0.6) is 5.75 Å². The molecule has 1 N–H and O–H groups in total. The maximum Gasteiger partial charge on any atom is 0.266 e. The Morgan fingerprint density at radius 3 is 2.56 bits per heavy atom. The summed E-state index contributed by atoms with van der Waals surface area (Å²) in [5.41, 5.74) is 1.70. The van der Waals surface area contributed by atoms with Crippen LogP contribution in [0.3, 0.4) is 0 Å². The molecule has 0 unspecified atom stereocenters. The number of aromatic nitrogens is 2. The molecular weight excluding hydrogens is 490 g/mol. The fourth-order valence-electron chi connectivity index (χ4n) is 3.19. The summed E-state index contributed by atoms with van der Waals surface area (Å²) < 4.78 is 8.02. The van der Waals surface area contributed by atoms with Gasteiger partial charge in [0.1, 0.15) is 5.75 Å². The molecule has 0 fully saturated rings. The van der Waals surface area contributed by atoms with Crippen LogP contribution in [0.2, 0.25) is 0 Å². The van der Waals surface area contributed by atoms with E-state index in [1.165, 1.54) is 11.8 Å². The number of thioether (sulfide) groups is 1. The predicted molar refractivity (Wildman–Crippen MR) is 132 cm³/mol. The number of hydrogen-bond acceptors (Lipinski definition) is 5. The SMILES string of the molecule is CCOc1ccccc1NC(=O)CSc1nc2ccccc2c(=O)n1-c1ccc(Br)cc1. The third-order valence-corrected chi connectivity index (χ3v) is 6.09. The van der Waals surface area contributed by atoms with Crippen molar-refractivity contribution in [3.05, 3.63) is 87.6 Å².